The minimum atomic E-state index is 0.757. The molecule has 1 saturated heterocycles. The van der Waals surface area contributed by atoms with Crippen LogP contribution in [0.1, 0.15) is 31.9 Å². The largest absolute Gasteiger partial charge is 0.355 e. The molecule has 0 saturated carbocycles. The van der Waals surface area contributed by atoms with Crippen LogP contribution in [0.5, 0.6) is 0 Å². The zero-order chi connectivity index (χ0) is 17.5. The number of aromatic nitrogens is 5. The molecule has 1 fully saturated rings. The van der Waals surface area contributed by atoms with Gasteiger partial charge in [-0.3, -0.25) is 10.1 Å². The molecular formula is C19H23N7. The highest BCUT2D eigenvalue weighted by atomic mass is 15.3. The van der Waals surface area contributed by atoms with Gasteiger partial charge in [0.1, 0.15) is 5.82 Å². The molecule has 134 valence electrons. The average molecular weight is 349 g/mol. The summed E-state index contributed by atoms with van der Waals surface area (Å²) in [6.45, 7) is 5.34. The summed E-state index contributed by atoms with van der Waals surface area (Å²) in [5, 5.41) is 7.64. The Morgan fingerprint density at radius 1 is 1.15 bits per heavy atom. The van der Waals surface area contributed by atoms with Gasteiger partial charge in [-0.05, 0) is 43.7 Å². The van der Waals surface area contributed by atoms with Crippen LogP contribution in [0.4, 0.5) is 17.3 Å². The predicted octanol–water partition coefficient (Wildman–Crippen LogP) is 3.07. The van der Waals surface area contributed by atoms with Gasteiger partial charge in [-0.15, -0.1) is 0 Å². The van der Waals surface area contributed by atoms with Crippen molar-refractivity contribution < 1.29 is 0 Å². The van der Waals surface area contributed by atoms with Crippen molar-refractivity contribution in [2.45, 2.75) is 32.6 Å². The van der Waals surface area contributed by atoms with E-state index in [-0.39, 0.29) is 0 Å². The molecule has 5 heterocycles. The quantitative estimate of drug-likeness (QED) is 0.766. The lowest BCUT2D eigenvalue weighted by atomic mass is 9.99. The van der Waals surface area contributed by atoms with Gasteiger partial charge in [0.15, 0.2) is 17.0 Å². The third-order valence-corrected chi connectivity index (χ3v) is 5.55. The number of aryl methyl sites for hydroxylation is 1. The van der Waals surface area contributed by atoms with Gasteiger partial charge >= 0.3 is 0 Å². The summed E-state index contributed by atoms with van der Waals surface area (Å²) in [4.78, 5) is 18.6. The number of H-pyrrole nitrogens is 1. The van der Waals surface area contributed by atoms with E-state index in [1.165, 1.54) is 12.8 Å². The molecule has 0 spiro atoms. The zero-order valence-corrected chi connectivity index (χ0v) is 15.0. The highest BCUT2D eigenvalue weighted by Gasteiger charge is 2.24. The van der Waals surface area contributed by atoms with Crippen molar-refractivity contribution in [3.8, 4) is 0 Å². The first-order valence-electron chi connectivity index (χ1n) is 9.47. The maximum absolute atomic E-state index is 4.80. The number of aromatic amines is 1. The Morgan fingerprint density at radius 2 is 2.04 bits per heavy atom. The Morgan fingerprint density at radius 3 is 2.92 bits per heavy atom. The van der Waals surface area contributed by atoms with Gasteiger partial charge in [-0.25, -0.2) is 9.97 Å². The first-order valence-corrected chi connectivity index (χ1v) is 9.47. The molecule has 0 atom stereocenters. The van der Waals surface area contributed by atoms with Crippen LogP contribution in [0.2, 0.25) is 0 Å². The van der Waals surface area contributed by atoms with Gasteiger partial charge in [0.2, 0.25) is 0 Å². The molecule has 7 nitrogen and oxygen atoms in total. The summed E-state index contributed by atoms with van der Waals surface area (Å²) < 4.78 is 0. The van der Waals surface area contributed by atoms with E-state index >= 15 is 0 Å². The Labute approximate surface area is 152 Å². The van der Waals surface area contributed by atoms with E-state index < -0.39 is 0 Å². The molecule has 3 aromatic rings. The molecule has 2 aliphatic rings. The summed E-state index contributed by atoms with van der Waals surface area (Å²) in [5.41, 5.74) is 3.84. The monoisotopic (exact) mass is 349 g/mol. The van der Waals surface area contributed by atoms with Gasteiger partial charge in [0.25, 0.3) is 0 Å². The number of nitrogens with one attached hydrogen (secondary N) is 1. The topological polar surface area (TPSA) is 73.8 Å². The fourth-order valence-electron chi connectivity index (χ4n) is 3.97. The van der Waals surface area contributed by atoms with Crippen molar-refractivity contribution in [3.05, 3.63) is 30.2 Å². The summed E-state index contributed by atoms with van der Waals surface area (Å²) in [6.07, 6.45) is 8.26. The number of rotatable bonds is 2. The predicted molar refractivity (Wildman–Crippen MR) is 102 cm³/mol. The molecule has 0 aromatic carbocycles. The second-order valence-electron chi connectivity index (χ2n) is 7.37. The third-order valence-electron chi connectivity index (χ3n) is 5.55. The number of anilines is 3. The molecule has 0 radical (unpaired) electrons. The van der Waals surface area contributed by atoms with E-state index in [0.29, 0.717) is 0 Å². The van der Waals surface area contributed by atoms with E-state index in [2.05, 4.69) is 38.0 Å². The summed E-state index contributed by atoms with van der Waals surface area (Å²) in [6, 6.07) is 4.09. The number of nitrogens with zero attached hydrogens (tertiary/aromatic N) is 6. The minimum absolute atomic E-state index is 0.757. The van der Waals surface area contributed by atoms with Gasteiger partial charge in [0, 0.05) is 25.8 Å². The Kier molecular flexibility index (Phi) is 3.72. The number of fused-ring (bicyclic) bond motifs is 2. The normalized spacial score (nSPS) is 18.3. The number of hydrogen-bond donors (Lipinski definition) is 1. The lowest BCUT2D eigenvalue weighted by Crippen LogP contribution is -2.33. The molecule has 7 heteroatoms. The highest BCUT2D eigenvalue weighted by molar-refractivity contribution is 5.87. The summed E-state index contributed by atoms with van der Waals surface area (Å²) in [5.74, 6) is 2.59. The molecule has 2 aliphatic heterocycles. The molecule has 3 aromatic heterocycles. The molecular weight excluding hydrogens is 326 g/mol. The van der Waals surface area contributed by atoms with Crippen molar-refractivity contribution in [1.82, 2.24) is 25.1 Å². The fourth-order valence-corrected chi connectivity index (χ4v) is 3.97. The lowest BCUT2D eigenvalue weighted by Gasteiger charge is -2.31. The van der Waals surface area contributed by atoms with Crippen LogP contribution in [0.25, 0.3) is 11.2 Å². The number of pyridine rings is 1. The smallest absolute Gasteiger partial charge is 0.183 e. The molecule has 0 amide bonds. The molecule has 1 N–H and O–H groups in total. The first kappa shape index (κ1) is 15.5. The second-order valence-corrected chi connectivity index (χ2v) is 7.37. The Hall–Kier alpha value is -2.70. The van der Waals surface area contributed by atoms with Crippen molar-refractivity contribution in [2.24, 2.45) is 5.92 Å². The van der Waals surface area contributed by atoms with Gasteiger partial charge < -0.3 is 9.80 Å². The van der Waals surface area contributed by atoms with Crippen LogP contribution < -0.4 is 9.80 Å². The average Bonchev–Trinajstić information content (AvgIpc) is 3.11. The van der Waals surface area contributed by atoms with Crippen molar-refractivity contribution in [3.63, 3.8) is 0 Å². The van der Waals surface area contributed by atoms with Crippen molar-refractivity contribution >= 4 is 28.5 Å². The van der Waals surface area contributed by atoms with Crippen LogP contribution >= 0.6 is 0 Å². The van der Waals surface area contributed by atoms with E-state index in [4.69, 9.17) is 9.97 Å². The Bertz CT molecular complexity index is 927. The maximum Gasteiger partial charge on any atom is 0.183 e. The second kappa shape index (κ2) is 6.23. The number of hydrogen-bond acceptors (Lipinski definition) is 6. The molecule has 0 aliphatic carbocycles. The zero-order valence-electron chi connectivity index (χ0n) is 15.0. The van der Waals surface area contributed by atoms with Crippen molar-refractivity contribution in [1.29, 1.82) is 0 Å². The van der Waals surface area contributed by atoms with E-state index in [0.717, 1.165) is 72.6 Å². The number of piperidine rings is 1. The summed E-state index contributed by atoms with van der Waals surface area (Å²) in [7, 11) is 0. The van der Waals surface area contributed by atoms with Crippen LogP contribution in [-0.4, -0.2) is 44.8 Å². The van der Waals surface area contributed by atoms with Gasteiger partial charge in [-0.1, -0.05) is 6.92 Å². The van der Waals surface area contributed by atoms with Crippen LogP contribution in [0.3, 0.4) is 0 Å². The van der Waals surface area contributed by atoms with E-state index in [1.54, 1.807) is 0 Å². The standard InChI is InChI=1S/C19H23N7/c1-13-6-10-25(11-7-13)16-12-21-17-18(22-16)23-24-19(17)26-9-3-4-14-15(26)5-2-8-20-14/h2,5,8,12-13H,3-4,6-7,9-11H2,1H3,(H,22,23,24). The first-order chi connectivity index (χ1) is 12.8. The fraction of sp³-hybridized carbons (Fsp3) is 0.474. The van der Waals surface area contributed by atoms with Crippen LogP contribution in [-0.2, 0) is 6.42 Å². The maximum atomic E-state index is 4.80. The summed E-state index contributed by atoms with van der Waals surface area (Å²) >= 11 is 0. The van der Waals surface area contributed by atoms with E-state index in [1.807, 2.05) is 18.5 Å². The molecule has 26 heavy (non-hydrogen) atoms. The molecule has 0 bridgehead atoms. The van der Waals surface area contributed by atoms with Gasteiger partial charge in [-0.2, -0.15) is 5.10 Å². The highest BCUT2D eigenvalue weighted by Crippen LogP contribution is 2.34. The lowest BCUT2D eigenvalue weighted by molar-refractivity contribution is 0.436. The minimum Gasteiger partial charge on any atom is -0.355 e. The Balaban J connectivity index is 1.49. The van der Waals surface area contributed by atoms with Crippen LogP contribution in [0.15, 0.2) is 24.5 Å². The van der Waals surface area contributed by atoms with Gasteiger partial charge in [0.05, 0.1) is 17.6 Å². The molecule has 5 rings (SSSR count). The van der Waals surface area contributed by atoms with Crippen molar-refractivity contribution in [2.75, 3.05) is 29.4 Å². The SMILES string of the molecule is CC1CCN(c2cnc3c(N4CCCc5ncccc54)n[nH]c3n2)CC1. The van der Waals surface area contributed by atoms with E-state index in [9.17, 15) is 0 Å². The third kappa shape index (κ3) is 2.58. The molecule has 0 unspecified atom stereocenters. The van der Waals surface area contributed by atoms with Crippen LogP contribution in [0, 0.1) is 5.92 Å².